The molecule has 0 bridgehead atoms. The largest absolute Gasteiger partial charge is 0.367 e. The Hall–Kier alpha value is -0.980. The molecule has 3 heterocycles. The van der Waals surface area contributed by atoms with E-state index in [0.29, 0.717) is 11.7 Å². The summed E-state index contributed by atoms with van der Waals surface area (Å²) in [7, 11) is 0. The van der Waals surface area contributed by atoms with Crippen LogP contribution >= 0.6 is 0 Å². The summed E-state index contributed by atoms with van der Waals surface area (Å²) in [5.41, 5.74) is 0.144. The summed E-state index contributed by atoms with van der Waals surface area (Å²) in [5.74, 6) is 1.39. The van der Waals surface area contributed by atoms with Crippen molar-refractivity contribution >= 4 is 0 Å². The fraction of sp³-hybridized carbons (Fsp3) is 0.867. The molecule has 0 radical (unpaired) electrons. The molecule has 1 N–H and O–H groups in total. The molecule has 2 saturated heterocycles. The second kappa shape index (κ2) is 6.02. The summed E-state index contributed by atoms with van der Waals surface area (Å²) in [4.78, 5) is 6.98. The minimum atomic E-state index is -0.0668. The van der Waals surface area contributed by atoms with Crippen molar-refractivity contribution < 1.29 is 9.26 Å². The van der Waals surface area contributed by atoms with Crippen molar-refractivity contribution in [3.63, 3.8) is 0 Å². The number of nitrogens with one attached hydrogen (secondary N) is 1. The van der Waals surface area contributed by atoms with Gasteiger partial charge < -0.3 is 14.6 Å². The van der Waals surface area contributed by atoms with Crippen molar-refractivity contribution in [3.8, 4) is 0 Å². The molecule has 118 valence electrons. The summed E-state index contributed by atoms with van der Waals surface area (Å²) >= 11 is 0. The molecule has 0 aromatic carbocycles. The van der Waals surface area contributed by atoms with E-state index in [-0.39, 0.29) is 17.6 Å². The fourth-order valence-corrected chi connectivity index (χ4v) is 3.27. The molecule has 0 saturated carbocycles. The monoisotopic (exact) mass is 294 g/mol. The first-order valence-electron chi connectivity index (χ1n) is 8.01. The molecule has 2 atom stereocenters. The normalized spacial score (nSPS) is 30.4. The van der Waals surface area contributed by atoms with E-state index in [4.69, 9.17) is 9.26 Å². The number of ether oxygens (including phenoxy) is 1. The van der Waals surface area contributed by atoms with Crippen LogP contribution in [-0.4, -0.2) is 47.8 Å². The first kappa shape index (κ1) is 14.9. The van der Waals surface area contributed by atoms with Crippen molar-refractivity contribution in [2.45, 2.75) is 45.8 Å². The van der Waals surface area contributed by atoms with Crippen LogP contribution in [0.2, 0.25) is 0 Å². The molecule has 0 amide bonds. The van der Waals surface area contributed by atoms with Gasteiger partial charge in [-0.25, -0.2) is 0 Å². The number of aromatic nitrogens is 2. The van der Waals surface area contributed by atoms with Crippen LogP contribution in [0, 0.1) is 5.41 Å². The highest BCUT2D eigenvalue weighted by Crippen LogP contribution is 2.39. The van der Waals surface area contributed by atoms with Crippen LogP contribution in [-0.2, 0) is 4.74 Å². The van der Waals surface area contributed by atoms with Crippen molar-refractivity contribution in [2.75, 3.05) is 32.8 Å². The van der Waals surface area contributed by atoms with E-state index in [1.54, 1.807) is 0 Å². The minimum absolute atomic E-state index is 0.0668. The van der Waals surface area contributed by atoms with Crippen molar-refractivity contribution in [1.82, 2.24) is 20.4 Å². The summed E-state index contributed by atoms with van der Waals surface area (Å²) in [6, 6.07) is 0.137. The molecule has 1 aromatic heterocycles. The molecular weight excluding hydrogens is 268 g/mol. The van der Waals surface area contributed by atoms with Gasteiger partial charge >= 0.3 is 0 Å². The maximum atomic E-state index is 5.80. The number of piperidine rings is 1. The third kappa shape index (κ3) is 3.12. The SMILES string of the molecule is CCN1CCOC(c2noc(C3NCCCC3(C)C)n2)C1. The van der Waals surface area contributed by atoms with Crippen LogP contribution in [0.25, 0.3) is 0 Å². The van der Waals surface area contributed by atoms with E-state index in [1.165, 1.54) is 12.8 Å². The van der Waals surface area contributed by atoms with Crippen LogP contribution in [0.1, 0.15) is 57.5 Å². The molecule has 2 aliphatic heterocycles. The van der Waals surface area contributed by atoms with Gasteiger partial charge in [-0.1, -0.05) is 25.9 Å². The molecule has 0 spiro atoms. The van der Waals surface area contributed by atoms with Gasteiger partial charge in [0.2, 0.25) is 11.7 Å². The Morgan fingerprint density at radius 2 is 2.29 bits per heavy atom. The zero-order valence-electron chi connectivity index (χ0n) is 13.3. The molecule has 2 aliphatic rings. The van der Waals surface area contributed by atoms with E-state index < -0.39 is 0 Å². The van der Waals surface area contributed by atoms with Gasteiger partial charge in [-0.3, -0.25) is 4.90 Å². The third-order valence-corrected chi connectivity index (χ3v) is 4.72. The third-order valence-electron chi connectivity index (χ3n) is 4.72. The lowest BCUT2D eigenvalue weighted by molar-refractivity contribution is -0.0334. The highest BCUT2D eigenvalue weighted by molar-refractivity contribution is 5.03. The standard InChI is InChI=1S/C15H26N4O2/c1-4-19-8-9-20-11(10-19)13-17-14(21-18-13)12-15(2,3)6-5-7-16-12/h11-12,16H,4-10H2,1-3H3. The first-order valence-corrected chi connectivity index (χ1v) is 8.01. The molecule has 6 nitrogen and oxygen atoms in total. The second-order valence-electron chi connectivity index (χ2n) is 6.72. The second-order valence-corrected chi connectivity index (χ2v) is 6.72. The van der Waals surface area contributed by atoms with Crippen LogP contribution in [0.4, 0.5) is 0 Å². The Morgan fingerprint density at radius 1 is 1.43 bits per heavy atom. The van der Waals surface area contributed by atoms with Crippen molar-refractivity contribution in [1.29, 1.82) is 0 Å². The van der Waals surface area contributed by atoms with Gasteiger partial charge in [0, 0.05) is 13.1 Å². The molecule has 3 rings (SSSR count). The Kier molecular flexibility index (Phi) is 4.28. The van der Waals surface area contributed by atoms with Gasteiger partial charge in [0.15, 0.2) is 0 Å². The highest BCUT2D eigenvalue weighted by Gasteiger charge is 2.37. The van der Waals surface area contributed by atoms with E-state index in [0.717, 1.165) is 32.8 Å². The molecule has 21 heavy (non-hydrogen) atoms. The van der Waals surface area contributed by atoms with Crippen LogP contribution in [0.5, 0.6) is 0 Å². The number of likely N-dealkylation sites (N-methyl/N-ethyl adjacent to an activating group) is 1. The summed E-state index contributed by atoms with van der Waals surface area (Å²) < 4.78 is 11.3. The molecule has 1 aromatic rings. The lowest BCUT2D eigenvalue weighted by Crippen LogP contribution is -2.40. The van der Waals surface area contributed by atoms with Crippen LogP contribution in [0.15, 0.2) is 4.52 Å². The van der Waals surface area contributed by atoms with Crippen molar-refractivity contribution in [2.24, 2.45) is 5.41 Å². The van der Waals surface area contributed by atoms with E-state index in [2.05, 4.69) is 41.1 Å². The lowest BCUT2D eigenvalue weighted by Gasteiger charge is -2.37. The maximum absolute atomic E-state index is 5.80. The summed E-state index contributed by atoms with van der Waals surface area (Å²) in [6.45, 7) is 11.3. The zero-order valence-corrected chi connectivity index (χ0v) is 13.3. The van der Waals surface area contributed by atoms with E-state index >= 15 is 0 Å². The van der Waals surface area contributed by atoms with Crippen molar-refractivity contribution in [3.05, 3.63) is 11.7 Å². The van der Waals surface area contributed by atoms with Gasteiger partial charge in [-0.05, 0) is 31.3 Å². The fourth-order valence-electron chi connectivity index (χ4n) is 3.27. The molecule has 2 unspecified atom stereocenters. The number of hydrogen-bond donors (Lipinski definition) is 1. The number of rotatable bonds is 3. The molecule has 2 fully saturated rings. The van der Waals surface area contributed by atoms with Gasteiger partial charge in [0.25, 0.3) is 0 Å². The summed E-state index contributed by atoms with van der Waals surface area (Å²) in [6.07, 6.45) is 2.30. The van der Waals surface area contributed by atoms with Crippen LogP contribution < -0.4 is 5.32 Å². The molecular formula is C15H26N4O2. The Labute approximate surface area is 126 Å². The molecule has 6 heteroatoms. The maximum Gasteiger partial charge on any atom is 0.244 e. The molecule has 0 aliphatic carbocycles. The zero-order chi connectivity index (χ0) is 14.9. The number of morpholine rings is 1. The predicted molar refractivity (Wildman–Crippen MR) is 78.9 cm³/mol. The topological polar surface area (TPSA) is 63.4 Å². The predicted octanol–water partition coefficient (Wildman–Crippen LogP) is 1.91. The van der Waals surface area contributed by atoms with Crippen LogP contribution in [0.3, 0.4) is 0 Å². The van der Waals surface area contributed by atoms with E-state index in [9.17, 15) is 0 Å². The van der Waals surface area contributed by atoms with Gasteiger partial charge in [-0.2, -0.15) is 4.98 Å². The Morgan fingerprint density at radius 3 is 3.05 bits per heavy atom. The lowest BCUT2D eigenvalue weighted by atomic mass is 9.77. The van der Waals surface area contributed by atoms with Gasteiger partial charge in [0.1, 0.15) is 6.10 Å². The smallest absolute Gasteiger partial charge is 0.244 e. The average Bonchev–Trinajstić information content (AvgIpc) is 2.96. The summed E-state index contributed by atoms with van der Waals surface area (Å²) in [5, 5.41) is 7.69. The highest BCUT2D eigenvalue weighted by atomic mass is 16.5. The Balaban J connectivity index is 1.73. The quantitative estimate of drug-likeness (QED) is 0.919. The minimum Gasteiger partial charge on any atom is -0.367 e. The number of nitrogens with zero attached hydrogens (tertiary/aromatic N) is 3. The van der Waals surface area contributed by atoms with E-state index in [1.807, 2.05) is 0 Å². The number of hydrogen-bond acceptors (Lipinski definition) is 6. The van der Waals surface area contributed by atoms with Gasteiger partial charge in [0.05, 0.1) is 12.6 Å². The first-order chi connectivity index (χ1) is 10.1. The Bertz CT molecular complexity index is 474. The average molecular weight is 294 g/mol. The van der Waals surface area contributed by atoms with Gasteiger partial charge in [-0.15, -0.1) is 0 Å².